The van der Waals surface area contributed by atoms with Crippen molar-refractivity contribution in [1.82, 2.24) is 0 Å². The van der Waals surface area contributed by atoms with Crippen LogP contribution < -0.4 is 5.32 Å². The van der Waals surface area contributed by atoms with E-state index in [9.17, 15) is 9.59 Å². The molecule has 0 bridgehead atoms. The Morgan fingerprint density at radius 2 is 1.86 bits per heavy atom. The van der Waals surface area contributed by atoms with Crippen molar-refractivity contribution in [3.63, 3.8) is 0 Å². The highest BCUT2D eigenvalue weighted by Gasteiger charge is 2.27. The summed E-state index contributed by atoms with van der Waals surface area (Å²) in [5.41, 5.74) is 4.33. The predicted molar refractivity (Wildman–Crippen MR) is 119 cm³/mol. The Bertz CT molecular complexity index is 806. The Morgan fingerprint density at radius 3 is 2.41 bits per heavy atom. The van der Waals surface area contributed by atoms with Crippen molar-refractivity contribution in [2.24, 2.45) is 0 Å². The molecule has 0 fully saturated rings. The van der Waals surface area contributed by atoms with Gasteiger partial charge in [0.25, 0.3) is 0 Å². The smallest absolute Gasteiger partial charge is 0.250 e. The van der Waals surface area contributed by atoms with Gasteiger partial charge < -0.3 is 14.8 Å². The summed E-state index contributed by atoms with van der Waals surface area (Å²) in [4.78, 5) is 25.7. The van der Waals surface area contributed by atoms with Crippen LogP contribution in [0.15, 0.2) is 42.5 Å². The molecule has 0 aliphatic heterocycles. The third-order valence-corrected chi connectivity index (χ3v) is 4.51. The average molecular weight is 400 g/mol. The second kappa shape index (κ2) is 12.1. The summed E-state index contributed by atoms with van der Waals surface area (Å²) in [6, 6.07) is 1.91. The monoisotopic (exact) mass is 399 g/mol. The summed E-state index contributed by atoms with van der Waals surface area (Å²) in [5, 5.41) is 2.88. The van der Waals surface area contributed by atoms with Crippen LogP contribution in [-0.4, -0.2) is 37.6 Å². The van der Waals surface area contributed by atoms with E-state index >= 15 is 0 Å². The molecule has 0 aliphatic carbocycles. The lowest BCUT2D eigenvalue weighted by Crippen LogP contribution is -2.28. The van der Waals surface area contributed by atoms with E-state index < -0.39 is 6.10 Å². The molecule has 5 heteroatoms. The number of rotatable bonds is 11. The standard InChI is InChI=1S/C24H33NO4/c1-8-12-13-19(9-2)24(29-11-4)23(27)21-16(5)14-17(6)22(18(21)7)25-20(26)15-28-10-3/h8-9,12-14,24H,2,10-11,15H2,1,3-7H3,(H,25,26)/b12-8-,19-13+. The van der Waals surface area contributed by atoms with Crippen LogP contribution >= 0.6 is 0 Å². The van der Waals surface area contributed by atoms with Gasteiger partial charge in [0, 0.05) is 24.5 Å². The summed E-state index contributed by atoms with van der Waals surface area (Å²) in [6.45, 7) is 15.9. The van der Waals surface area contributed by atoms with Crippen LogP contribution in [0.5, 0.6) is 0 Å². The molecular weight excluding hydrogens is 366 g/mol. The van der Waals surface area contributed by atoms with E-state index in [0.717, 1.165) is 16.7 Å². The van der Waals surface area contributed by atoms with Gasteiger partial charge in [-0.2, -0.15) is 0 Å². The zero-order chi connectivity index (χ0) is 22.0. The number of carbonyl (C=O) groups is 2. The molecule has 0 spiro atoms. The van der Waals surface area contributed by atoms with Gasteiger partial charge >= 0.3 is 0 Å². The third kappa shape index (κ3) is 6.51. The van der Waals surface area contributed by atoms with Gasteiger partial charge in [0.1, 0.15) is 12.7 Å². The van der Waals surface area contributed by atoms with E-state index in [1.165, 1.54) is 0 Å². The zero-order valence-corrected chi connectivity index (χ0v) is 18.4. The SMILES string of the molecule is C=C/C(=C\C=C/C)C(OCC)C(=O)c1c(C)cc(C)c(NC(=O)COCC)c1C. The first-order chi connectivity index (χ1) is 13.8. The minimum atomic E-state index is -0.763. The first-order valence-electron chi connectivity index (χ1n) is 9.91. The highest BCUT2D eigenvalue weighted by molar-refractivity contribution is 6.06. The Kier molecular flexibility index (Phi) is 10.3. The number of ketones is 1. The number of benzene rings is 1. The van der Waals surface area contributed by atoms with Gasteiger partial charge in [-0.05, 0) is 63.8 Å². The number of carbonyl (C=O) groups excluding carboxylic acids is 2. The molecule has 0 saturated heterocycles. The third-order valence-electron chi connectivity index (χ3n) is 4.51. The van der Waals surface area contributed by atoms with Gasteiger partial charge in [-0.15, -0.1) is 0 Å². The minimum absolute atomic E-state index is 0.0270. The van der Waals surface area contributed by atoms with Crippen molar-refractivity contribution in [2.45, 2.75) is 47.6 Å². The quantitative estimate of drug-likeness (QED) is 0.426. The maximum Gasteiger partial charge on any atom is 0.250 e. The molecule has 1 rings (SSSR count). The molecule has 29 heavy (non-hydrogen) atoms. The molecule has 0 heterocycles. The van der Waals surface area contributed by atoms with Gasteiger partial charge in [-0.1, -0.05) is 36.9 Å². The average Bonchev–Trinajstić information content (AvgIpc) is 2.68. The maximum atomic E-state index is 13.5. The number of aryl methyl sites for hydroxylation is 2. The second-order valence-electron chi connectivity index (χ2n) is 6.67. The Hall–Kier alpha value is -2.50. The topological polar surface area (TPSA) is 64.6 Å². The van der Waals surface area contributed by atoms with E-state index in [0.29, 0.717) is 30.0 Å². The molecule has 0 aliphatic rings. The van der Waals surface area contributed by atoms with E-state index in [2.05, 4.69) is 11.9 Å². The van der Waals surface area contributed by atoms with Crippen LogP contribution in [-0.2, 0) is 14.3 Å². The molecular formula is C24H33NO4. The predicted octanol–water partition coefficient (Wildman–Crippen LogP) is 4.86. The molecule has 158 valence electrons. The summed E-state index contributed by atoms with van der Waals surface area (Å²) in [7, 11) is 0. The Balaban J connectivity index is 3.42. The molecule has 0 aromatic heterocycles. The van der Waals surface area contributed by atoms with Gasteiger partial charge in [-0.3, -0.25) is 9.59 Å². The van der Waals surface area contributed by atoms with Gasteiger partial charge in [0.2, 0.25) is 5.91 Å². The summed E-state index contributed by atoms with van der Waals surface area (Å²) in [5.74, 6) is -0.403. The number of Topliss-reactive ketones (excluding diaryl/α,β-unsaturated/α-hetero) is 1. The lowest BCUT2D eigenvalue weighted by Gasteiger charge is -2.22. The van der Waals surface area contributed by atoms with E-state index in [1.54, 1.807) is 6.08 Å². The summed E-state index contributed by atoms with van der Waals surface area (Å²) < 4.78 is 11.0. The molecule has 0 saturated carbocycles. The van der Waals surface area contributed by atoms with Crippen LogP contribution in [0.1, 0.15) is 47.8 Å². The van der Waals surface area contributed by atoms with Crippen molar-refractivity contribution in [2.75, 3.05) is 25.1 Å². The molecule has 1 atom stereocenters. The minimum Gasteiger partial charge on any atom is -0.372 e. The van der Waals surface area contributed by atoms with Crippen LogP contribution in [0.25, 0.3) is 0 Å². The van der Waals surface area contributed by atoms with Gasteiger partial charge in [0.15, 0.2) is 5.78 Å². The Labute approximate surface area is 174 Å². The van der Waals surface area contributed by atoms with Crippen LogP contribution in [0, 0.1) is 20.8 Å². The normalized spacial score (nSPS) is 12.8. The number of hydrogen-bond donors (Lipinski definition) is 1. The number of hydrogen-bond acceptors (Lipinski definition) is 4. The summed E-state index contributed by atoms with van der Waals surface area (Å²) in [6.07, 6.45) is 6.44. The molecule has 0 radical (unpaired) electrons. The maximum absolute atomic E-state index is 13.5. The van der Waals surface area contributed by atoms with E-state index in [-0.39, 0.29) is 18.3 Å². The van der Waals surface area contributed by atoms with Gasteiger partial charge in [0.05, 0.1) is 0 Å². The molecule has 1 unspecified atom stereocenters. The first kappa shape index (κ1) is 24.5. The molecule has 1 amide bonds. The fourth-order valence-corrected chi connectivity index (χ4v) is 3.22. The fraction of sp³-hybridized carbons (Fsp3) is 0.417. The fourth-order valence-electron chi connectivity index (χ4n) is 3.22. The molecule has 1 aromatic carbocycles. The largest absolute Gasteiger partial charge is 0.372 e. The molecule has 1 N–H and O–H groups in total. The Morgan fingerprint density at radius 1 is 1.17 bits per heavy atom. The van der Waals surface area contributed by atoms with Crippen molar-refractivity contribution in [3.05, 3.63) is 64.8 Å². The van der Waals surface area contributed by atoms with Crippen LogP contribution in [0.2, 0.25) is 0 Å². The highest BCUT2D eigenvalue weighted by Crippen LogP contribution is 2.29. The number of nitrogens with one attached hydrogen (secondary N) is 1. The first-order valence-corrected chi connectivity index (χ1v) is 9.91. The number of allylic oxidation sites excluding steroid dienone is 3. The number of ether oxygens (including phenoxy) is 2. The van der Waals surface area contributed by atoms with Crippen LogP contribution in [0.3, 0.4) is 0 Å². The highest BCUT2D eigenvalue weighted by atomic mass is 16.5. The molecule has 5 nitrogen and oxygen atoms in total. The van der Waals surface area contributed by atoms with Crippen molar-refractivity contribution in [3.8, 4) is 0 Å². The van der Waals surface area contributed by atoms with E-state index in [4.69, 9.17) is 9.47 Å². The van der Waals surface area contributed by atoms with Crippen molar-refractivity contribution >= 4 is 17.4 Å². The number of amides is 1. The second-order valence-corrected chi connectivity index (χ2v) is 6.67. The zero-order valence-electron chi connectivity index (χ0n) is 18.4. The number of anilines is 1. The summed E-state index contributed by atoms with van der Waals surface area (Å²) >= 11 is 0. The lowest BCUT2D eigenvalue weighted by atomic mass is 9.90. The van der Waals surface area contributed by atoms with Crippen molar-refractivity contribution < 1.29 is 19.1 Å². The van der Waals surface area contributed by atoms with Crippen molar-refractivity contribution in [1.29, 1.82) is 0 Å². The van der Waals surface area contributed by atoms with Gasteiger partial charge in [-0.25, -0.2) is 0 Å². The molecule has 1 aromatic rings. The van der Waals surface area contributed by atoms with Crippen LogP contribution in [0.4, 0.5) is 5.69 Å². The van der Waals surface area contributed by atoms with E-state index in [1.807, 2.05) is 65.8 Å². The lowest BCUT2D eigenvalue weighted by molar-refractivity contribution is -0.120.